The topological polar surface area (TPSA) is 137 Å². The Morgan fingerprint density at radius 2 is 1.94 bits per heavy atom. The largest absolute Gasteiger partial charge is 0.438 e. The molecule has 4 heterocycles. The smallest absolute Gasteiger partial charge is 0.267 e. The Morgan fingerprint density at radius 1 is 1.03 bits per heavy atom. The third-order valence-electron chi connectivity index (χ3n) is 5.44. The van der Waals surface area contributed by atoms with Gasteiger partial charge in [0.05, 0.1) is 11.7 Å². The first-order valence-corrected chi connectivity index (χ1v) is 10.8. The van der Waals surface area contributed by atoms with Gasteiger partial charge in [0.25, 0.3) is 5.91 Å². The first-order chi connectivity index (χ1) is 16.5. The van der Waals surface area contributed by atoms with E-state index in [1.165, 1.54) is 6.39 Å². The summed E-state index contributed by atoms with van der Waals surface area (Å²) in [5, 5.41) is 15.1. The molecule has 2 aromatic carbocycles. The molecule has 6 rings (SSSR count). The van der Waals surface area contributed by atoms with Crippen LogP contribution in [0.2, 0.25) is 0 Å². The molecule has 0 radical (unpaired) electrons. The van der Waals surface area contributed by atoms with Gasteiger partial charge in [-0.2, -0.15) is 10.1 Å². The average Bonchev–Trinajstić information content (AvgIpc) is 3.56. The highest BCUT2D eigenvalue weighted by Gasteiger charge is 2.16. The van der Waals surface area contributed by atoms with Crippen molar-refractivity contribution >= 4 is 50.4 Å². The lowest BCUT2D eigenvalue weighted by Gasteiger charge is -2.08. The van der Waals surface area contributed by atoms with Crippen LogP contribution in [-0.4, -0.2) is 42.1 Å². The highest BCUT2D eigenvalue weighted by molar-refractivity contribution is 5.99. The van der Waals surface area contributed by atoms with E-state index < -0.39 is 0 Å². The van der Waals surface area contributed by atoms with Crippen LogP contribution in [0.15, 0.2) is 59.5 Å². The van der Waals surface area contributed by atoms with Gasteiger partial charge in [-0.05, 0) is 44.2 Å². The molecule has 0 fully saturated rings. The molecule has 0 saturated carbocycles. The predicted octanol–water partition coefficient (Wildman–Crippen LogP) is 4.52. The van der Waals surface area contributed by atoms with E-state index in [4.69, 9.17) is 9.40 Å². The van der Waals surface area contributed by atoms with Crippen LogP contribution in [0.3, 0.4) is 0 Å². The maximum atomic E-state index is 12.4. The van der Waals surface area contributed by atoms with Gasteiger partial charge in [-0.1, -0.05) is 12.1 Å². The van der Waals surface area contributed by atoms with Gasteiger partial charge in [0, 0.05) is 33.6 Å². The van der Waals surface area contributed by atoms with E-state index >= 15 is 0 Å². The van der Waals surface area contributed by atoms with E-state index in [0.29, 0.717) is 28.6 Å². The molecule has 6 aromatic rings. The molecule has 168 valence electrons. The molecule has 1 amide bonds. The standard InChI is InChI=1S/C24H20N8O2/c1-12(2)27-24(33)19-8-13-3-4-14(9-18(13)29-19)21-30-22-20(34-11-25-22)23(31-21)28-16-5-6-17-15(7-16)10-26-32-17/h3-12,29H,1-2H3,(H,26,32)(H,27,33)(H,28,30,31). The minimum absolute atomic E-state index is 0.0530. The number of amides is 1. The minimum Gasteiger partial charge on any atom is -0.438 e. The fraction of sp³-hybridized carbons (Fsp3) is 0.125. The molecule has 4 aromatic heterocycles. The number of fused-ring (bicyclic) bond motifs is 3. The van der Waals surface area contributed by atoms with Crippen molar-refractivity contribution in [1.82, 2.24) is 35.5 Å². The van der Waals surface area contributed by atoms with Crippen LogP contribution in [0.1, 0.15) is 24.3 Å². The van der Waals surface area contributed by atoms with Crippen LogP contribution < -0.4 is 10.6 Å². The summed E-state index contributed by atoms with van der Waals surface area (Å²) in [7, 11) is 0. The number of anilines is 2. The van der Waals surface area contributed by atoms with Crippen LogP contribution in [0, 0.1) is 0 Å². The van der Waals surface area contributed by atoms with Crippen LogP contribution in [0.4, 0.5) is 11.5 Å². The van der Waals surface area contributed by atoms with Crippen LogP contribution in [-0.2, 0) is 0 Å². The Kier molecular flexibility index (Phi) is 4.51. The molecule has 0 aliphatic carbocycles. The molecule has 0 saturated heterocycles. The van der Waals surface area contributed by atoms with E-state index in [9.17, 15) is 4.79 Å². The summed E-state index contributed by atoms with van der Waals surface area (Å²) < 4.78 is 5.55. The highest BCUT2D eigenvalue weighted by Crippen LogP contribution is 2.29. The van der Waals surface area contributed by atoms with E-state index in [1.807, 2.05) is 56.3 Å². The number of carbonyl (C=O) groups is 1. The van der Waals surface area contributed by atoms with Crippen LogP contribution in [0.25, 0.3) is 44.4 Å². The summed E-state index contributed by atoms with van der Waals surface area (Å²) in [5.41, 5.74) is 4.78. The zero-order valence-corrected chi connectivity index (χ0v) is 18.4. The summed E-state index contributed by atoms with van der Waals surface area (Å²) in [4.78, 5) is 29.1. The van der Waals surface area contributed by atoms with Crippen molar-refractivity contribution in [2.75, 3.05) is 5.32 Å². The SMILES string of the molecule is CC(C)NC(=O)c1cc2ccc(-c3nc(Nc4ccc5[nH]ncc5c4)c4ocnc4n3)cc2[nH]1. The summed E-state index contributed by atoms with van der Waals surface area (Å²) >= 11 is 0. The number of carbonyl (C=O) groups excluding carboxylic acids is 1. The van der Waals surface area contributed by atoms with Gasteiger partial charge in [0.2, 0.25) is 11.2 Å². The molecule has 10 nitrogen and oxygen atoms in total. The lowest BCUT2D eigenvalue weighted by Crippen LogP contribution is -2.30. The number of nitrogens with zero attached hydrogens (tertiary/aromatic N) is 4. The van der Waals surface area contributed by atoms with Crippen molar-refractivity contribution in [3.05, 3.63) is 60.7 Å². The number of nitrogens with one attached hydrogen (secondary N) is 4. The number of aromatic nitrogens is 6. The molecule has 0 bridgehead atoms. The van der Waals surface area contributed by atoms with Gasteiger partial charge in [0.1, 0.15) is 5.69 Å². The second-order valence-corrected chi connectivity index (χ2v) is 8.31. The number of benzene rings is 2. The molecule has 0 aliphatic rings. The molecular weight excluding hydrogens is 432 g/mol. The van der Waals surface area contributed by atoms with Gasteiger partial charge < -0.3 is 20.0 Å². The molecule has 0 aliphatic heterocycles. The number of hydrogen-bond donors (Lipinski definition) is 4. The normalized spacial score (nSPS) is 11.6. The second-order valence-electron chi connectivity index (χ2n) is 8.31. The van der Waals surface area contributed by atoms with Crippen molar-refractivity contribution in [2.45, 2.75) is 19.9 Å². The van der Waals surface area contributed by atoms with E-state index in [2.05, 4.69) is 35.8 Å². The van der Waals surface area contributed by atoms with Crippen molar-refractivity contribution in [3.8, 4) is 11.4 Å². The zero-order chi connectivity index (χ0) is 23.2. The quantitative estimate of drug-likeness (QED) is 0.302. The Bertz CT molecular complexity index is 1680. The Morgan fingerprint density at radius 3 is 2.82 bits per heavy atom. The Balaban J connectivity index is 1.39. The summed E-state index contributed by atoms with van der Waals surface area (Å²) in [6.07, 6.45) is 3.11. The fourth-order valence-corrected chi connectivity index (χ4v) is 3.86. The van der Waals surface area contributed by atoms with E-state index in [-0.39, 0.29) is 11.9 Å². The van der Waals surface area contributed by atoms with E-state index in [0.717, 1.165) is 33.1 Å². The van der Waals surface area contributed by atoms with Gasteiger partial charge in [-0.3, -0.25) is 9.89 Å². The Hall–Kier alpha value is -4.73. The second kappa shape index (κ2) is 7.69. The third-order valence-corrected chi connectivity index (χ3v) is 5.44. The van der Waals surface area contributed by atoms with Crippen LogP contribution in [0.5, 0.6) is 0 Å². The number of hydrogen-bond acceptors (Lipinski definition) is 7. The highest BCUT2D eigenvalue weighted by atomic mass is 16.3. The van der Waals surface area contributed by atoms with E-state index in [1.54, 1.807) is 6.20 Å². The maximum Gasteiger partial charge on any atom is 0.267 e. The lowest BCUT2D eigenvalue weighted by atomic mass is 10.1. The number of oxazole rings is 1. The van der Waals surface area contributed by atoms with Gasteiger partial charge >= 0.3 is 0 Å². The molecule has 10 heteroatoms. The molecular formula is C24H20N8O2. The van der Waals surface area contributed by atoms with Crippen molar-refractivity contribution in [1.29, 1.82) is 0 Å². The van der Waals surface area contributed by atoms with Gasteiger partial charge in [-0.25, -0.2) is 9.97 Å². The monoisotopic (exact) mass is 452 g/mol. The molecule has 0 spiro atoms. The lowest BCUT2D eigenvalue weighted by molar-refractivity contribution is 0.0939. The summed E-state index contributed by atoms with van der Waals surface area (Å²) in [6.45, 7) is 3.85. The average molecular weight is 452 g/mol. The third kappa shape index (κ3) is 3.51. The van der Waals surface area contributed by atoms with Gasteiger partial charge in [0.15, 0.2) is 18.0 Å². The van der Waals surface area contributed by atoms with Gasteiger partial charge in [-0.15, -0.1) is 0 Å². The fourth-order valence-electron chi connectivity index (χ4n) is 3.86. The molecule has 0 atom stereocenters. The summed E-state index contributed by atoms with van der Waals surface area (Å²) in [5.74, 6) is 0.844. The minimum atomic E-state index is -0.144. The van der Waals surface area contributed by atoms with Crippen molar-refractivity contribution in [3.63, 3.8) is 0 Å². The first kappa shape index (κ1) is 19.9. The van der Waals surface area contributed by atoms with Crippen LogP contribution >= 0.6 is 0 Å². The number of H-pyrrole nitrogens is 2. The zero-order valence-electron chi connectivity index (χ0n) is 18.4. The van der Waals surface area contributed by atoms with Crippen molar-refractivity contribution < 1.29 is 9.21 Å². The molecule has 34 heavy (non-hydrogen) atoms. The predicted molar refractivity (Wildman–Crippen MR) is 129 cm³/mol. The van der Waals surface area contributed by atoms with Crippen molar-refractivity contribution in [2.24, 2.45) is 0 Å². The maximum absolute atomic E-state index is 12.4. The molecule has 0 unspecified atom stereocenters. The summed E-state index contributed by atoms with van der Waals surface area (Å²) in [6, 6.07) is 13.5. The number of aromatic amines is 2. The number of rotatable bonds is 5. The Labute approximate surface area is 192 Å². The first-order valence-electron chi connectivity index (χ1n) is 10.8. The molecule has 4 N–H and O–H groups in total.